The van der Waals surface area contributed by atoms with Crippen LogP contribution in [0.25, 0.3) is 279 Å². The molecular weight excluding hydrogens is 1800 g/mol. The monoisotopic (exact) mass is 1880 g/mol. The van der Waals surface area contributed by atoms with Crippen LogP contribution >= 0.6 is 0 Å². The lowest BCUT2D eigenvalue weighted by Gasteiger charge is -2.11. The maximum absolute atomic E-state index is 6.59. The Morgan fingerprint density at radius 3 is 0.558 bits per heavy atom. The lowest BCUT2D eigenvalue weighted by atomic mass is 9.98. The summed E-state index contributed by atoms with van der Waals surface area (Å²) in [5.41, 5.74) is 37.0. The summed E-state index contributed by atoms with van der Waals surface area (Å²) in [5.74, 6) is 2.04. The van der Waals surface area contributed by atoms with Gasteiger partial charge in [-0.3, -0.25) is 0 Å². The van der Waals surface area contributed by atoms with Crippen LogP contribution in [-0.2, 0) is 0 Å². The Morgan fingerprint density at radius 2 is 0.299 bits per heavy atom. The fraction of sp³-hybridized carbons (Fsp3) is 0. The summed E-state index contributed by atoms with van der Waals surface area (Å²) in [7, 11) is 0. The third kappa shape index (κ3) is 17.2. The highest BCUT2D eigenvalue weighted by molar-refractivity contribution is 6.23. The van der Waals surface area contributed by atoms with Crippen molar-refractivity contribution in [1.82, 2.24) is 44.9 Å². The Bertz CT molecular complexity index is 9300. The summed E-state index contributed by atoms with van der Waals surface area (Å²) in [6.45, 7) is 0. The summed E-state index contributed by atoms with van der Waals surface area (Å²) in [6.07, 6.45) is 0. The molecule has 0 amide bonds. The van der Waals surface area contributed by atoms with Gasteiger partial charge >= 0.3 is 0 Å². The Hall–Kier alpha value is -20.0. The van der Waals surface area contributed by atoms with Crippen LogP contribution in [0.15, 0.2) is 529 Å². The van der Waals surface area contributed by atoms with Gasteiger partial charge in [0, 0.05) is 99.1 Å². The lowest BCUT2D eigenvalue weighted by Crippen LogP contribution is -1.96. The molecule has 12 nitrogen and oxygen atoms in total. The van der Waals surface area contributed by atoms with E-state index in [1.165, 1.54) is 11.1 Å². The first-order valence-electron chi connectivity index (χ1n) is 49.2. The van der Waals surface area contributed by atoms with Crippen LogP contribution < -0.4 is 0 Å². The number of rotatable bonds is 16. The number of nitrogens with zero attached hydrogens (tertiary/aromatic N) is 9. The van der Waals surface area contributed by atoms with Crippen molar-refractivity contribution in [3.8, 4) is 180 Å². The minimum absolute atomic E-state index is 0.666. The van der Waals surface area contributed by atoms with Crippen LogP contribution in [0.1, 0.15) is 0 Å². The maximum atomic E-state index is 6.59. The molecule has 0 saturated heterocycles. The Labute approximate surface area is 846 Å². The summed E-state index contributed by atoms with van der Waals surface area (Å²) < 4.78 is 19.7. The number of hydrogen-bond acceptors (Lipinski definition) is 12. The van der Waals surface area contributed by atoms with E-state index in [9.17, 15) is 0 Å². The topological polar surface area (TPSA) is 155 Å². The zero-order chi connectivity index (χ0) is 97.5. The lowest BCUT2D eigenvalue weighted by molar-refractivity contribution is 0.672. The number of pyridine rings is 3. The molecule has 0 saturated carbocycles. The number of benzene rings is 19. The van der Waals surface area contributed by atoms with Crippen molar-refractivity contribution in [2.45, 2.75) is 0 Å². The van der Waals surface area contributed by atoms with Gasteiger partial charge in [0.2, 0.25) is 0 Å². The highest BCUT2D eigenvalue weighted by atomic mass is 16.3. The van der Waals surface area contributed by atoms with Crippen LogP contribution in [0.4, 0.5) is 0 Å². The van der Waals surface area contributed by atoms with Gasteiger partial charge in [0.05, 0.1) is 84.0 Å². The van der Waals surface area contributed by atoms with Gasteiger partial charge in [-0.15, -0.1) is 0 Å². The fourth-order valence-corrected chi connectivity index (χ4v) is 19.9. The molecule has 28 rings (SSSR count). The molecular formula is C135H85N9O3. The standard InChI is InChI=1S/C49H31N3O.2C43H27N3O/c1-4-12-32(13-5-1)34-20-22-36(23-21-34)44-31-43(35-16-8-3-9-17-35)51-49(52-44)38-26-24-37(25-27-38)47-46-40-18-10-11-19-45(40)53-48(46)41-30-39(28-29-42(41)50-47)33-14-6-2-7-15-33;1-4-12-28(13-5-1)33-24-25-36-35(26-33)42-40(34-18-10-11-19-39(34)47-42)41(44-36)31-22-20-30(21-23-31)38-27-37(29-14-6-2-7-15-29)45-43(46-38)32-16-8-3-9-17-32;1-4-12-28(13-5-1)33-24-25-36-35(26-33)42-40(34-18-10-11-19-39(34)47-42)41(44-36)31-20-22-32(23-21-31)43-45-37(29-14-6-2-7-15-29)27-38(46-43)30-16-8-3-9-17-30/h1-31H;2*1-27H. The van der Waals surface area contributed by atoms with Gasteiger partial charge in [0.15, 0.2) is 17.5 Å². The average molecular weight is 1880 g/mol. The quantitative estimate of drug-likeness (QED) is 0.0904. The molecule has 0 fully saturated rings. The van der Waals surface area contributed by atoms with Gasteiger partial charge in [-0.05, 0) is 117 Å². The van der Waals surface area contributed by atoms with E-state index in [2.05, 4.69) is 352 Å². The van der Waals surface area contributed by atoms with E-state index in [4.69, 9.17) is 58.1 Å². The number of fused-ring (bicyclic) bond motifs is 15. The summed E-state index contributed by atoms with van der Waals surface area (Å²) in [4.78, 5) is 46.0. The van der Waals surface area contributed by atoms with Crippen molar-refractivity contribution in [3.05, 3.63) is 516 Å². The Morgan fingerprint density at radius 1 is 0.122 bits per heavy atom. The molecule has 9 aromatic heterocycles. The molecule has 9 heterocycles. The summed E-state index contributed by atoms with van der Waals surface area (Å²) in [5, 5.41) is 9.18. The molecule has 0 radical (unpaired) electrons. The first-order chi connectivity index (χ1) is 72.8. The van der Waals surface area contributed by atoms with Crippen molar-refractivity contribution in [2.75, 3.05) is 0 Å². The molecule has 0 atom stereocenters. The van der Waals surface area contributed by atoms with E-state index in [0.29, 0.717) is 17.5 Å². The summed E-state index contributed by atoms with van der Waals surface area (Å²) in [6, 6.07) is 177. The van der Waals surface area contributed by atoms with Gasteiger partial charge in [-0.1, -0.05) is 443 Å². The smallest absolute Gasteiger partial charge is 0.160 e. The zero-order valence-corrected chi connectivity index (χ0v) is 79.3. The minimum atomic E-state index is 0.666. The maximum Gasteiger partial charge on any atom is 0.160 e. The molecule has 0 N–H and O–H groups in total. The molecule has 688 valence electrons. The Kier molecular flexibility index (Phi) is 22.7. The number of hydrogen-bond donors (Lipinski definition) is 0. The van der Waals surface area contributed by atoms with Crippen molar-refractivity contribution >= 4 is 98.5 Å². The van der Waals surface area contributed by atoms with E-state index < -0.39 is 0 Å². The van der Waals surface area contributed by atoms with Gasteiger partial charge in [-0.2, -0.15) is 0 Å². The molecule has 0 aliphatic heterocycles. The van der Waals surface area contributed by atoms with Crippen molar-refractivity contribution < 1.29 is 13.3 Å². The van der Waals surface area contributed by atoms with Crippen molar-refractivity contribution in [3.63, 3.8) is 0 Å². The fourth-order valence-electron chi connectivity index (χ4n) is 19.9. The van der Waals surface area contributed by atoms with E-state index in [1.54, 1.807) is 0 Å². The SMILES string of the molecule is c1ccc(-c2ccc(-c3cc(-c4ccccc4)nc(-c4ccc(-c5nc6ccc(-c7ccccc7)cc6c6oc7ccccc7c56)cc4)n3)cc2)cc1.c1ccc(-c2ccc3nc(-c4ccc(-c5cc(-c6ccccc6)nc(-c6ccccc6)n5)cc4)c4c5ccccc5oc4c3c2)cc1.c1ccc(-c2ccc3nc(-c4ccc(-c5nc(-c6ccccc6)cc(-c6ccccc6)n5)cc4)c4c5ccccc5oc4c3c2)cc1. The van der Waals surface area contributed by atoms with E-state index in [1.807, 2.05) is 164 Å². The van der Waals surface area contributed by atoms with Crippen LogP contribution in [0.2, 0.25) is 0 Å². The first-order valence-corrected chi connectivity index (χ1v) is 49.2. The van der Waals surface area contributed by atoms with Gasteiger partial charge in [0.25, 0.3) is 0 Å². The van der Waals surface area contributed by atoms with Crippen LogP contribution in [0.5, 0.6) is 0 Å². The normalized spacial score (nSPS) is 11.4. The van der Waals surface area contributed by atoms with E-state index in [-0.39, 0.29) is 0 Å². The van der Waals surface area contributed by atoms with Gasteiger partial charge < -0.3 is 13.3 Å². The molecule has 0 aliphatic rings. The van der Waals surface area contributed by atoms with Gasteiger partial charge in [0.1, 0.15) is 33.5 Å². The Balaban J connectivity index is 0.000000112. The van der Waals surface area contributed by atoms with Crippen molar-refractivity contribution in [1.29, 1.82) is 0 Å². The molecule has 147 heavy (non-hydrogen) atoms. The third-order valence-electron chi connectivity index (χ3n) is 27.3. The number of furan rings is 3. The molecule has 0 spiro atoms. The molecule has 0 aliphatic carbocycles. The molecule has 12 heteroatoms. The molecule has 28 aromatic rings. The van der Waals surface area contributed by atoms with Crippen molar-refractivity contribution in [2.24, 2.45) is 0 Å². The predicted molar refractivity (Wildman–Crippen MR) is 601 cm³/mol. The number of aromatic nitrogens is 9. The summed E-state index contributed by atoms with van der Waals surface area (Å²) >= 11 is 0. The second-order valence-electron chi connectivity index (χ2n) is 36.5. The largest absolute Gasteiger partial charge is 0.455 e. The highest BCUT2D eigenvalue weighted by Gasteiger charge is 2.26. The van der Waals surface area contributed by atoms with Gasteiger partial charge in [-0.25, -0.2) is 44.9 Å². The zero-order valence-electron chi connectivity index (χ0n) is 79.3. The second-order valence-corrected chi connectivity index (χ2v) is 36.5. The molecule has 0 unspecified atom stereocenters. The van der Waals surface area contributed by atoms with E-state index in [0.717, 1.165) is 250 Å². The number of para-hydroxylation sites is 3. The van der Waals surface area contributed by atoms with Crippen LogP contribution in [-0.4, -0.2) is 44.9 Å². The highest BCUT2D eigenvalue weighted by Crippen LogP contribution is 2.47. The van der Waals surface area contributed by atoms with E-state index >= 15 is 0 Å². The minimum Gasteiger partial charge on any atom is -0.455 e. The second kappa shape index (κ2) is 38.2. The van der Waals surface area contributed by atoms with Crippen LogP contribution in [0, 0.1) is 0 Å². The molecule has 0 bridgehead atoms. The molecule has 19 aromatic carbocycles. The third-order valence-corrected chi connectivity index (χ3v) is 27.3. The average Bonchev–Trinajstić information content (AvgIpc) is 1.60. The first kappa shape index (κ1) is 87.3. The van der Waals surface area contributed by atoms with Crippen LogP contribution in [0.3, 0.4) is 0 Å². The predicted octanol–water partition coefficient (Wildman–Crippen LogP) is 35.4.